The fourth-order valence-electron chi connectivity index (χ4n) is 3.25. The smallest absolute Gasteiger partial charge is 0.338 e. The average molecular weight is 377 g/mol. The van der Waals surface area contributed by atoms with Crippen molar-refractivity contribution in [2.75, 3.05) is 13.7 Å². The molecule has 0 aliphatic heterocycles. The van der Waals surface area contributed by atoms with Crippen LogP contribution in [-0.2, 0) is 20.9 Å². The van der Waals surface area contributed by atoms with Crippen LogP contribution in [0.2, 0.25) is 0 Å². The minimum atomic E-state index is -0.835. The summed E-state index contributed by atoms with van der Waals surface area (Å²) in [6, 6.07) is 5.21. The highest BCUT2D eigenvalue weighted by molar-refractivity contribution is 5.92. The maximum Gasteiger partial charge on any atom is 0.338 e. The zero-order chi connectivity index (χ0) is 19.6. The van der Waals surface area contributed by atoms with Crippen LogP contribution in [0, 0.1) is 0 Å². The first-order chi connectivity index (χ1) is 13.0. The van der Waals surface area contributed by atoms with Crippen LogP contribution in [0.15, 0.2) is 18.2 Å². The van der Waals surface area contributed by atoms with E-state index >= 15 is 0 Å². The maximum absolute atomic E-state index is 12.4. The van der Waals surface area contributed by atoms with Gasteiger partial charge in [0.1, 0.15) is 5.75 Å². The van der Waals surface area contributed by atoms with E-state index in [0.29, 0.717) is 24.5 Å². The standard InChI is InChI=1S/C21H31NO5/c1-4-26-14-17-13-16(11-12-19(17)25-3)21(24)27-15(2)20(23)22-18-9-7-5-6-8-10-18/h11-13,15,18H,4-10,14H2,1-3H3,(H,22,23)/t15-/m0/s1. The second-order valence-corrected chi connectivity index (χ2v) is 6.91. The lowest BCUT2D eigenvalue weighted by Gasteiger charge is -2.20. The number of methoxy groups -OCH3 is 1. The third-order valence-electron chi connectivity index (χ3n) is 4.83. The van der Waals surface area contributed by atoms with Gasteiger partial charge in [-0.15, -0.1) is 0 Å². The van der Waals surface area contributed by atoms with Gasteiger partial charge in [-0.1, -0.05) is 25.7 Å². The van der Waals surface area contributed by atoms with Crippen molar-refractivity contribution in [2.45, 2.75) is 71.1 Å². The number of rotatable bonds is 8. The molecule has 1 N–H and O–H groups in total. The summed E-state index contributed by atoms with van der Waals surface area (Å²) in [7, 11) is 1.57. The molecule has 6 nitrogen and oxygen atoms in total. The van der Waals surface area contributed by atoms with Gasteiger partial charge in [-0.3, -0.25) is 4.79 Å². The van der Waals surface area contributed by atoms with E-state index < -0.39 is 12.1 Å². The fourth-order valence-corrected chi connectivity index (χ4v) is 3.25. The third-order valence-corrected chi connectivity index (χ3v) is 4.83. The summed E-state index contributed by atoms with van der Waals surface area (Å²) < 4.78 is 16.1. The largest absolute Gasteiger partial charge is 0.496 e. The van der Waals surface area contributed by atoms with Crippen molar-refractivity contribution in [1.82, 2.24) is 5.32 Å². The summed E-state index contributed by atoms with van der Waals surface area (Å²) in [5.74, 6) is -0.114. The third kappa shape index (κ3) is 6.54. The molecule has 1 fully saturated rings. The van der Waals surface area contributed by atoms with Crippen molar-refractivity contribution in [1.29, 1.82) is 0 Å². The van der Waals surface area contributed by atoms with E-state index in [1.807, 2.05) is 6.92 Å². The molecule has 1 aromatic rings. The number of hydrogen-bond acceptors (Lipinski definition) is 5. The van der Waals surface area contributed by atoms with Crippen molar-refractivity contribution < 1.29 is 23.8 Å². The molecule has 0 saturated heterocycles. The van der Waals surface area contributed by atoms with Crippen LogP contribution in [0.5, 0.6) is 5.75 Å². The Kier molecular flexibility index (Phi) is 8.58. The second-order valence-electron chi connectivity index (χ2n) is 6.91. The highest BCUT2D eigenvalue weighted by atomic mass is 16.5. The predicted octanol–water partition coefficient (Wildman–Crippen LogP) is 3.62. The van der Waals surface area contributed by atoms with Gasteiger partial charge in [0.05, 0.1) is 19.3 Å². The predicted molar refractivity (Wildman–Crippen MR) is 103 cm³/mol. The van der Waals surface area contributed by atoms with Gasteiger partial charge in [-0.25, -0.2) is 4.79 Å². The molecule has 1 aliphatic rings. The molecule has 0 spiro atoms. The zero-order valence-electron chi connectivity index (χ0n) is 16.6. The molecule has 0 unspecified atom stereocenters. The van der Waals surface area contributed by atoms with E-state index in [9.17, 15) is 9.59 Å². The minimum Gasteiger partial charge on any atom is -0.496 e. The topological polar surface area (TPSA) is 73.9 Å². The van der Waals surface area contributed by atoms with Crippen LogP contribution in [0.4, 0.5) is 0 Å². The van der Waals surface area contributed by atoms with Crippen LogP contribution < -0.4 is 10.1 Å². The first-order valence-electron chi connectivity index (χ1n) is 9.81. The quantitative estimate of drug-likeness (QED) is 0.553. The van der Waals surface area contributed by atoms with E-state index in [4.69, 9.17) is 14.2 Å². The molecule has 1 aliphatic carbocycles. The lowest BCUT2D eigenvalue weighted by molar-refractivity contribution is -0.129. The van der Waals surface area contributed by atoms with E-state index in [1.165, 1.54) is 12.8 Å². The lowest BCUT2D eigenvalue weighted by Crippen LogP contribution is -2.41. The number of esters is 1. The molecule has 2 rings (SSSR count). The number of hydrogen-bond donors (Lipinski definition) is 1. The summed E-state index contributed by atoms with van der Waals surface area (Å²) in [5.41, 5.74) is 1.14. The Hall–Kier alpha value is -2.08. The number of carbonyl (C=O) groups excluding carboxylic acids is 2. The van der Waals surface area contributed by atoms with Crippen LogP contribution in [-0.4, -0.2) is 37.7 Å². The van der Waals surface area contributed by atoms with Crippen molar-refractivity contribution in [3.63, 3.8) is 0 Å². The Morgan fingerprint density at radius 3 is 2.52 bits per heavy atom. The number of benzene rings is 1. The first kappa shape index (κ1) is 21.2. The summed E-state index contributed by atoms with van der Waals surface area (Å²) in [4.78, 5) is 24.8. The van der Waals surface area contributed by atoms with Crippen LogP contribution >= 0.6 is 0 Å². The Morgan fingerprint density at radius 2 is 1.89 bits per heavy atom. The summed E-state index contributed by atoms with van der Waals surface area (Å²) >= 11 is 0. The SMILES string of the molecule is CCOCc1cc(C(=O)O[C@@H](C)C(=O)NC2CCCCCC2)ccc1OC. The Balaban J connectivity index is 1.95. The van der Waals surface area contributed by atoms with Crippen LogP contribution in [0.25, 0.3) is 0 Å². The van der Waals surface area contributed by atoms with Crippen LogP contribution in [0.1, 0.15) is 68.3 Å². The molecular formula is C21H31NO5. The summed E-state index contributed by atoms with van der Waals surface area (Å²) in [5, 5.41) is 3.02. The highest BCUT2D eigenvalue weighted by Crippen LogP contribution is 2.22. The van der Waals surface area contributed by atoms with Crippen molar-refractivity contribution >= 4 is 11.9 Å². The Bertz CT molecular complexity index is 623. The highest BCUT2D eigenvalue weighted by Gasteiger charge is 2.23. The van der Waals surface area contributed by atoms with Gasteiger partial charge in [-0.05, 0) is 44.9 Å². The molecule has 1 amide bonds. The number of nitrogens with one attached hydrogen (secondary N) is 1. The average Bonchev–Trinajstić information content (AvgIpc) is 2.94. The molecule has 1 atom stereocenters. The molecule has 6 heteroatoms. The molecule has 150 valence electrons. The van der Waals surface area contributed by atoms with E-state index in [1.54, 1.807) is 32.2 Å². The molecule has 1 saturated carbocycles. The Morgan fingerprint density at radius 1 is 1.19 bits per heavy atom. The number of carbonyl (C=O) groups is 2. The maximum atomic E-state index is 12.4. The first-order valence-corrected chi connectivity index (χ1v) is 9.81. The van der Waals surface area contributed by atoms with Crippen LogP contribution in [0.3, 0.4) is 0 Å². The van der Waals surface area contributed by atoms with Gasteiger partial charge in [-0.2, -0.15) is 0 Å². The van der Waals surface area contributed by atoms with E-state index in [-0.39, 0.29) is 11.9 Å². The van der Waals surface area contributed by atoms with Gasteiger partial charge in [0.25, 0.3) is 5.91 Å². The van der Waals surface area contributed by atoms with Gasteiger partial charge < -0.3 is 19.5 Å². The molecule has 1 aromatic carbocycles. The van der Waals surface area contributed by atoms with Gasteiger partial charge in [0.2, 0.25) is 0 Å². The molecule has 0 bridgehead atoms. The number of amides is 1. The Labute approximate surface area is 161 Å². The number of ether oxygens (including phenoxy) is 3. The molecule has 0 radical (unpaired) electrons. The molecular weight excluding hydrogens is 346 g/mol. The summed E-state index contributed by atoms with van der Waals surface area (Å²) in [6.45, 7) is 4.42. The fraction of sp³-hybridized carbons (Fsp3) is 0.619. The second kappa shape index (κ2) is 10.9. The molecule has 0 aromatic heterocycles. The van der Waals surface area contributed by atoms with Gasteiger partial charge in [0.15, 0.2) is 6.10 Å². The van der Waals surface area contributed by atoms with E-state index in [0.717, 1.165) is 31.2 Å². The summed E-state index contributed by atoms with van der Waals surface area (Å²) in [6.07, 6.45) is 5.85. The van der Waals surface area contributed by atoms with Gasteiger partial charge in [0, 0.05) is 18.2 Å². The van der Waals surface area contributed by atoms with Crippen molar-refractivity contribution in [3.8, 4) is 5.75 Å². The van der Waals surface area contributed by atoms with Crippen molar-refractivity contribution in [2.24, 2.45) is 0 Å². The molecule has 27 heavy (non-hydrogen) atoms. The van der Waals surface area contributed by atoms with Crippen molar-refractivity contribution in [3.05, 3.63) is 29.3 Å². The lowest BCUT2D eigenvalue weighted by atomic mass is 10.1. The molecule has 0 heterocycles. The van der Waals surface area contributed by atoms with Gasteiger partial charge >= 0.3 is 5.97 Å². The zero-order valence-corrected chi connectivity index (χ0v) is 16.6. The monoisotopic (exact) mass is 377 g/mol. The van der Waals surface area contributed by atoms with E-state index in [2.05, 4.69) is 5.32 Å². The minimum absolute atomic E-state index is 0.180. The normalized spacial score (nSPS) is 16.3.